The molecule has 9 heteroatoms. The van der Waals surface area contributed by atoms with Gasteiger partial charge in [0.05, 0.1) is 11.1 Å². The van der Waals surface area contributed by atoms with Crippen LogP contribution in [-0.4, -0.2) is 96.2 Å². The Hall–Kier alpha value is -3.04. The smallest absolute Gasteiger partial charge is 0.262 e. The zero-order valence-corrected chi connectivity index (χ0v) is 21.4. The van der Waals surface area contributed by atoms with Crippen molar-refractivity contribution in [3.05, 3.63) is 41.0 Å². The van der Waals surface area contributed by atoms with Crippen molar-refractivity contribution < 1.29 is 19.2 Å². The number of carbonyl (C=O) groups is 4. The first-order valence-electron chi connectivity index (χ1n) is 13.6. The Bertz CT molecular complexity index is 1160. The van der Waals surface area contributed by atoms with E-state index in [0.717, 1.165) is 49.2 Å². The molecule has 3 saturated heterocycles. The van der Waals surface area contributed by atoms with Gasteiger partial charge in [0.1, 0.15) is 6.04 Å². The monoisotopic (exact) mass is 505 g/mol. The van der Waals surface area contributed by atoms with Crippen molar-refractivity contribution in [2.75, 3.05) is 50.7 Å². The molecule has 9 nitrogen and oxygen atoms in total. The van der Waals surface area contributed by atoms with Gasteiger partial charge in [-0.1, -0.05) is 11.6 Å². The first-order chi connectivity index (χ1) is 17.9. The molecule has 3 fully saturated rings. The highest BCUT2D eigenvalue weighted by Gasteiger charge is 2.44. The average molecular weight is 506 g/mol. The summed E-state index contributed by atoms with van der Waals surface area (Å²) in [4.78, 5) is 58.4. The highest BCUT2D eigenvalue weighted by Crippen LogP contribution is 2.32. The third-order valence-electron chi connectivity index (χ3n) is 8.96. The van der Waals surface area contributed by atoms with Crippen molar-refractivity contribution >= 4 is 29.3 Å². The number of rotatable bonds is 5. The van der Waals surface area contributed by atoms with Crippen LogP contribution in [0.25, 0.3) is 0 Å². The van der Waals surface area contributed by atoms with E-state index in [2.05, 4.69) is 33.0 Å². The van der Waals surface area contributed by atoms with E-state index in [1.165, 1.54) is 37.9 Å². The van der Waals surface area contributed by atoms with Gasteiger partial charge in [-0.3, -0.25) is 39.2 Å². The van der Waals surface area contributed by atoms with Crippen molar-refractivity contribution in [3.8, 4) is 0 Å². The maximum Gasteiger partial charge on any atom is 0.262 e. The lowest BCUT2D eigenvalue weighted by molar-refractivity contribution is -0.136. The minimum absolute atomic E-state index is 0.121. The predicted molar refractivity (Wildman–Crippen MR) is 138 cm³/mol. The van der Waals surface area contributed by atoms with Crippen LogP contribution in [0.3, 0.4) is 0 Å². The van der Waals surface area contributed by atoms with Crippen molar-refractivity contribution in [2.24, 2.45) is 5.92 Å². The van der Waals surface area contributed by atoms with Gasteiger partial charge in [0.25, 0.3) is 11.8 Å². The zero-order valence-electron chi connectivity index (χ0n) is 21.4. The summed E-state index contributed by atoms with van der Waals surface area (Å²) >= 11 is 0. The molecule has 4 amide bonds. The lowest BCUT2D eigenvalue weighted by atomic mass is 9.88. The first kappa shape index (κ1) is 24.3. The molecule has 6 rings (SSSR count). The molecule has 1 N–H and O–H groups in total. The van der Waals surface area contributed by atoms with Gasteiger partial charge in [-0.25, -0.2) is 0 Å². The summed E-state index contributed by atoms with van der Waals surface area (Å²) in [6, 6.07) is 5.16. The van der Waals surface area contributed by atoms with Crippen molar-refractivity contribution in [1.29, 1.82) is 0 Å². The van der Waals surface area contributed by atoms with Crippen LogP contribution in [-0.2, 0) is 9.59 Å². The molecule has 4 heterocycles. The van der Waals surface area contributed by atoms with Crippen LogP contribution >= 0.6 is 0 Å². The second-order valence-corrected chi connectivity index (χ2v) is 11.1. The largest absolute Gasteiger partial charge is 0.369 e. The fourth-order valence-corrected chi connectivity index (χ4v) is 6.55. The standard InChI is InChI=1S/C28H35N5O4/c1-18-2-5-23(18)32-10-8-19(9-11-32)17-30-12-14-31(15-13-30)20-3-4-21-22(16-20)28(37)33(27(21)36)24-6-7-25(34)29-26(24)35/h2-4,16,19,23-24H,5-15,17H2,1H3,(H,29,34,35)/t23-,24?/m1/s1. The molecule has 1 aromatic rings. The number of nitrogens with one attached hydrogen (secondary N) is 1. The highest BCUT2D eigenvalue weighted by atomic mass is 16.2. The lowest BCUT2D eigenvalue weighted by Crippen LogP contribution is -2.54. The van der Waals surface area contributed by atoms with Gasteiger partial charge in [0, 0.05) is 50.9 Å². The molecule has 5 aliphatic rings. The molecule has 0 radical (unpaired) electrons. The van der Waals surface area contributed by atoms with E-state index >= 15 is 0 Å². The number of imide groups is 2. The molecule has 1 unspecified atom stereocenters. The number of piperidine rings is 2. The molecule has 1 aromatic carbocycles. The fourth-order valence-electron chi connectivity index (χ4n) is 6.55. The molecular weight excluding hydrogens is 470 g/mol. The fraction of sp³-hybridized carbons (Fsp3) is 0.571. The van der Waals surface area contributed by atoms with E-state index in [0.29, 0.717) is 17.2 Å². The number of amides is 4. The lowest BCUT2D eigenvalue weighted by Gasteiger charge is -2.43. The Kier molecular flexibility index (Phi) is 6.36. The number of piperazine rings is 1. The van der Waals surface area contributed by atoms with E-state index in [1.54, 1.807) is 12.1 Å². The third kappa shape index (κ3) is 4.48. The minimum Gasteiger partial charge on any atom is -0.369 e. The Labute approximate surface area is 217 Å². The summed E-state index contributed by atoms with van der Waals surface area (Å²) < 4.78 is 0. The molecule has 1 aliphatic carbocycles. The van der Waals surface area contributed by atoms with Gasteiger partial charge in [-0.05, 0) is 69.8 Å². The molecule has 0 aromatic heterocycles. The van der Waals surface area contributed by atoms with E-state index in [4.69, 9.17) is 0 Å². The van der Waals surface area contributed by atoms with Gasteiger partial charge in [-0.15, -0.1) is 0 Å². The number of anilines is 1. The number of likely N-dealkylation sites (tertiary alicyclic amines) is 1. The SMILES string of the molecule is CC1=CC[C@H]1N1CCC(CN2CCN(c3ccc4c(c3)C(=O)N(C3CCC(=O)NC3=O)C4=O)CC2)CC1. The third-order valence-corrected chi connectivity index (χ3v) is 8.96. The van der Waals surface area contributed by atoms with Gasteiger partial charge < -0.3 is 4.90 Å². The number of carbonyl (C=O) groups excluding carboxylic acids is 4. The van der Waals surface area contributed by atoms with Crippen LogP contribution in [0, 0.1) is 5.92 Å². The Morgan fingerprint density at radius 3 is 2.24 bits per heavy atom. The number of hydrogen-bond acceptors (Lipinski definition) is 7. The Morgan fingerprint density at radius 2 is 1.59 bits per heavy atom. The predicted octanol–water partition coefficient (Wildman–Crippen LogP) is 1.64. The van der Waals surface area contributed by atoms with Crippen LogP contribution in [0.15, 0.2) is 29.8 Å². The summed E-state index contributed by atoms with van der Waals surface area (Å²) in [7, 11) is 0. The van der Waals surface area contributed by atoms with Gasteiger partial charge in [0.15, 0.2) is 0 Å². The van der Waals surface area contributed by atoms with Crippen LogP contribution in [0.5, 0.6) is 0 Å². The quantitative estimate of drug-likeness (QED) is 0.480. The Balaban J connectivity index is 1.04. The van der Waals surface area contributed by atoms with Crippen molar-refractivity contribution in [2.45, 2.75) is 51.1 Å². The molecular formula is C28H35N5O4. The minimum atomic E-state index is -0.932. The number of benzene rings is 1. The Morgan fingerprint density at radius 1 is 0.865 bits per heavy atom. The summed E-state index contributed by atoms with van der Waals surface area (Å²) in [5.74, 6) is -1.10. The first-order valence-corrected chi connectivity index (χ1v) is 13.6. The molecule has 0 saturated carbocycles. The van der Waals surface area contributed by atoms with Gasteiger partial charge in [0.2, 0.25) is 11.8 Å². The number of hydrogen-bond donors (Lipinski definition) is 1. The maximum atomic E-state index is 13.2. The van der Waals surface area contributed by atoms with Crippen LogP contribution in [0.1, 0.15) is 59.7 Å². The van der Waals surface area contributed by atoms with E-state index in [-0.39, 0.29) is 18.7 Å². The summed E-state index contributed by atoms with van der Waals surface area (Å²) in [5, 5.41) is 2.24. The van der Waals surface area contributed by atoms with E-state index in [1.807, 2.05) is 6.07 Å². The zero-order chi connectivity index (χ0) is 25.7. The molecule has 37 heavy (non-hydrogen) atoms. The highest BCUT2D eigenvalue weighted by molar-refractivity contribution is 6.23. The molecule has 196 valence electrons. The summed E-state index contributed by atoms with van der Waals surface area (Å²) in [6.07, 6.45) is 6.40. The van der Waals surface area contributed by atoms with Crippen LogP contribution in [0.2, 0.25) is 0 Å². The summed E-state index contributed by atoms with van der Waals surface area (Å²) in [5.41, 5.74) is 3.15. The molecule has 4 aliphatic heterocycles. The van der Waals surface area contributed by atoms with Crippen molar-refractivity contribution in [1.82, 2.24) is 20.0 Å². The average Bonchev–Trinajstić information content (AvgIpc) is 3.14. The summed E-state index contributed by atoms with van der Waals surface area (Å²) in [6.45, 7) is 9.54. The normalized spacial score (nSPS) is 27.8. The van der Waals surface area contributed by atoms with E-state index < -0.39 is 23.8 Å². The molecule has 0 spiro atoms. The van der Waals surface area contributed by atoms with Crippen LogP contribution in [0.4, 0.5) is 5.69 Å². The second kappa shape index (κ2) is 9.68. The molecule has 2 atom stereocenters. The molecule has 0 bridgehead atoms. The van der Waals surface area contributed by atoms with Crippen LogP contribution < -0.4 is 10.2 Å². The second-order valence-electron chi connectivity index (χ2n) is 11.1. The topological polar surface area (TPSA) is 93.3 Å². The van der Waals surface area contributed by atoms with E-state index in [9.17, 15) is 19.2 Å². The van der Waals surface area contributed by atoms with Crippen molar-refractivity contribution in [3.63, 3.8) is 0 Å². The number of fused-ring (bicyclic) bond motifs is 1. The van der Waals surface area contributed by atoms with Gasteiger partial charge in [-0.2, -0.15) is 0 Å². The van der Waals surface area contributed by atoms with Gasteiger partial charge >= 0.3 is 0 Å². The number of nitrogens with zero attached hydrogens (tertiary/aromatic N) is 4. The maximum absolute atomic E-state index is 13.2.